The molecule has 0 aromatic carbocycles. The Morgan fingerprint density at radius 2 is 1.86 bits per heavy atom. The number of hydrogen-bond acceptors (Lipinski definition) is 3. The van der Waals surface area contributed by atoms with Gasteiger partial charge < -0.3 is 14.6 Å². The zero-order valence-electron chi connectivity index (χ0n) is 19.1. The molecule has 3 aliphatic rings. The molecule has 1 saturated heterocycles. The number of aliphatic hydroxyl groups excluding tert-OH is 1. The molecule has 2 saturated carbocycles. The third kappa shape index (κ3) is 4.52. The minimum atomic E-state index is -0.109. The molecule has 0 aromatic heterocycles. The minimum absolute atomic E-state index is 0.0206. The van der Waals surface area contributed by atoms with Crippen molar-refractivity contribution in [2.24, 2.45) is 22.7 Å². The Hall–Kier alpha value is -0.380. The van der Waals surface area contributed by atoms with E-state index in [0.29, 0.717) is 16.7 Å². The lowest BCUT2D eigenvalue weighted by Gasteiger charge is -2.62. The molecule has 2 unspecified atom stereocenters. The summed E-state index contributed by atoms with van der Waals surface area (Å²) in [4.78, 5) is 0. The lowest BCUT2D eigenvalue weighted by molar-refractivity contribution is -0.272. The number of allylic oxidation sites excluding steroid dienone is 1. The standard InChI is InChI=1S/C25H44O3/c1-19(18-26)10-8-11-21-24(4)15-9-14-23(2,3)20(24)13-16-25(21,5)28-22-12-6-7-17-27-22/h10,20-22,26H,6-9,11-18H2,1-5H3/b19-10+/t20?,21-,22?,24+,25-/m1/s1. The molecule has 0 spiro atoms. The monoisotopic (exact) mass is 392 g/mol. The number of hydrogen-bond donors (Lipinski definition) is 1. The van der Waals surface area contributed by atoms with Crippen molar-refractivity contribution in [3.63, 3.8) is 0 Å². The molecule has 5 atom stereocenters. The first-order chi connectivity index (χ1) is 13.2. The van der Waals surface area contributed by atoms with E-state index in [2.05, 4.69) is 33.8 Å². The third-order valence-electron chi connectivity index (χ3n) is 8.47. The van der Waals surface area contributed by atoms with Gasteiger partial charge in [-0.15, -0.1) is 0 Å². The highest BCUT2D eigenvalue weighted by Gasteiger charge is 2.58. The van der Waals surface area contributed by atoms with Crippen LogP contribution < -0.4 is 0 Å². The fourth-order valence-corrected chi connectivity index (χ4v) is 7.05. The van der Waals surface area contributed by atoms with Crippen molar-refractivity contribution in [1.29, 1.82) is 0 Å². The largest absolute Gasteiger partial charge is 0.392 e. The van der Waals surface area contributed by atoms with Gasteiger partial charge >= 0.3 is 0 Å². The van der Waals surface area contributed by atoms with E-state index in [1.807, 2.05) is 6.92 Å². The Labute approximate surface area is 173 Å². The first-order valence-corrected chi connectivity index (χ1v) is 11.8. The topological polar surface area (TPSA) is 38.7 Å². The summed E-state index contributed by atoms with van der Waals surface area (Å²) in [7, 11) is 0. The van der Waals surface area contributed by atoms with Crippen LogP contribution in [0.5, 0.6) is 0 Å². The highest BCUT2D eigenvalue weighted by molar-refractivity contribution is 5.09. The number of ether oxygens (including phenoxy) is 2. The summed E-state index contributed by atoms with van der Waals surface area (Å²) >= 11 is 0. The molecule has 3 heteroatoms. The lowest BCUT2D eigenvalue weighted by atomic mass is 9.45. The minimum Gasteiger partial charge on any atom is -0.392 e. The van der Waals surface area contributed by atoms with E-state index in [9.17, 15) is 5.11 Å². The van der Waals surface area contributed by atoms with Crippen LogP contribution in [0, 0.1) is 22.7 Å². The molecule has 3 fully saturated rings. The van der Waals surface area contributed by atoms with E-state index in [0.717, 1.165) is 43.8 Å². The van der Waals surface area contributed by atoms with Crippen LogP contribution >= 0.6 is 0 Å². The fourth-order valence-electron chi connectivity index (χ4n) is 7.05. The van der Waals surface area contributed by atoms with Gasteiger partial charge in [-0.25, -0.2) is 0 Å². The van der Waals surface area contributed by atoms with Gasteiger partial charge in [0.15, 0.2) is 6.29 Å². The Balaban J connectivity index is 1.85. The van der Waals surface area contributed by atoms with Crippen LogP contribution in [0.4, 0.5) is 0 Å². The van der Waals surface area contributed by atoms with E-state index in [1.54, 1.807) is 0 Å². The van der Waals surface area contributed by atoms with E-state index in [-0.39, 0.29) is 18.5 Å². The van der Waals surface area contributed by atoms with Crippen LogP contribution in [0.2, 0.25) is 0 Å². The van der Waals surface area contributed by atoms with Gasteiger partial charge in [0.1, 0.15) is 0 Å². The van der Waals surface area contributed by atoms with Crippen molar-refractivity contribution in [3.8, 4) is 0 Å². The van der Waals surface area contributed by atoms with Crippen LogP contribution in [0.3, 0.4) is 0 Å². The Bertz CT molecular complexity index is 548. The van der Waals surface area contributed by atoms with Crippen LogP contribution in [0.1, 0.15) is 98.8 Å². The molecule has 3 rings (SSSR count). The molecule has 162 valence electrons. The van der Waals surface area contributed by atoms with Crippen molar-refractivity contribution >= 4 is 0 Å². The summed E-state index contributed by atoms with van der Waals surface area (Å²) in [5.41, 5.74) is 1.72. The number of fused-ring (bicyclic) bond motifs is 1. The first-order valence-electron chi connectivity index (χ1n) is 11.8. The quantitative estimate of drug-likeness (QED) is 0.429. The first kappa shape index (κ1) is 22.3. The molecule has 3 nitrogen and oxygen atoms in total. The average Bonchev–Trinajstić information content (AvgIpc) is 2.64. The lowest BCUT2D eigenvalue weighted by Crippen LogP contribution is -2.59. The Morgan fingerprint density at radius 1 is 1.07 bits per heavy atom. The summed E-state index contributed by atoms with van der Waals surface area (Å²) in [6, 6.07) is 0. The molecular formula is C25H44O3. The van der Waals surface area contributed by atoms with Crippen LogP contribution in [0.25, 0.3) is 0 Å². The van der Waals surface area contributed by atoms with Gasteiger partial charge in [-0.05, 0) is 94.3 Å². The normalized spacial score (nSPS) is 41.5. The van der Waals surface area contributed by atoms with Crippen molar-refractivity contribution in [2.75, 3.05) is 13.2 Å². The Morgan fingerprint density at radius 3 is 2.54 bits per heavy atom. The summed E-state index contributed by atoms with van der Waals surface area (Å²) in [6.45, 7) is 13.0. The second kappa shape index (κ2) is 8.78. The molecule has 28 heavy (non-hydrogen) atoms. The van der Waals surface area contributed by atoms with Crippen molar-refractivity contribution < 1.29 is 14.6 Å². The van der Waals surface area contributed by atoms with Crippen molar-refractivity contribution in [1.82, 2.24) is 0 Å². The molecular weight excluding hydrogens is 348 g/mol. The van der Waals surface area contributed by atoms with Crippen molar-refractivity contribution in [2.45, 2.75) is 111 Å². The van der Waals surface area contributed by atoms with E-state index in [4.69, 9.17) is 9.47 Å². The van der Waals surface area contributed by atoms with E-state index < -0.39 is 0 Å². The van der Waals surface area contributed by atoms with Gasteiger partial charge in [-0.2, -0.15) is 0 Å². The van der Waals surface area contributed by atoms with Gasteiger partial charge in [-0.3, -0.25) is 0 Å². The summed E-state index contributed by atoms with van der Waals surface area (Å²) < 4.78 is 12.8. The smallest absolute Gasteiger partial charge is 0.158 e. The summed E-state index contributed by atoms with van der Waals surface area (Å²) in [5, 5.41) is 9.39. The molecule has 0 radical (unpaired) electrons. The predicted molar refractivity (Wildman–Crippen MR) is 115 cm³/mol. The van der Waals surface area contributed by atoms with Gasteiger partial charge in [0.05, 0.1) is 12.2 Å². The van der Waals surface area contributed by atoms with Crippen molar-refractivity contribution in [3.05, 3.63) is 11.6 Å². The fraction of sp³-hybridized carbons (Fsp3) is 0.920. The van der Waals surface area contributed by atoms with Crippen LogP contribution in [-0.4, -0.2) is 30.2 Å². The molecule has 1 heterocycles. The molecule has 0 bridgehead atoms. The van der Waals surface area contributed by atoms with E-state index >= 15 is 0 Å². The highest BCUT2D eigenvalue weighted by Crippen LogP contribution is 2.63. The zero-order chi connectivity index (χ0) is 20.4. The highest BCUT2D eigenvalue weighted by atomic mass is 16.7. The maximum Gasteiger partial charge on any atom is 0.158 e. The molecule has 0 amide bonds. The average molecular weight is 393 g/mol. The molecule has 1 N–H and O–H groups in total. The SMILES string of the molecule is C/C(=C\CC[C@H]1[C@](C)(OC2CCCCO2)CCC2C(C)(C)CCC[C@@]21C)CO. The summed E-state index contributed by atoms with van der Waals surface area (Å²) in [5.74, 6) is 1.30. The van der Waals surface area contributed by atoms with Gasteiger partial charge in [0, 0.05) is 6.61 Å². The van der Waals surface area contributed by atoms with Gasteiger partial charge in [0.25, 0.3) is 0 Å². The van der Waals surface area contributed by atoms with E-state index in [1.165, 1.54) is 38.5 Å². The molecule has 1 aliphatic heterocycles. The maximum absolute atomic E-state index is 9.39. The van der Waals surface area contributed by atoms with Gasteiger partial charge in [-0.1, -0.05) is 38.8 Å². The van der Waals surface area contributed by atoms with Crippen LogP contribution in [0.15, 0.2) is 11.6 Å². The Kier molecular flexibility index (Phi) is 6.99. The maximum atomic E-state index is 9.39. The van der Waals surface area contributed by atoms with Crippen LogP contribution in [-0.2, 0) is 9.47 Å². The number of aliphatic hydroxyl groups is 1. The molecule has 0 aromatic rings. The predicted octanol–water partition coefficient (Wildman–Crippen LogP) is 6.25. The molecule has 2 aliphatic carbocycles. The second-order valence-electron chi connectivity index (χ2n) is 11.0. The number of rotatable bonds is 6. The second-order valence-corrected chi connectivity index (χ2v) is 11.0. The zero-order valence-corrected chi connectivity index (χ0v) is 19.1. The van der Waals surface area contributed by atoms with Gasteiger partial charge in [0.2, 0.25) is 0 Å². The third-order valence-corrected chi connectivity index (χ3v) is 8.47. The summed E-state index contributed by atoms with van der Waals surface area (Å²) in [6.07, 6.45) is 14.2.